The summed E-state index contributed by atoms with van der Waals surface area (Å²) < 4.78 is 0. The Kier molecular flexibility index (Phi) is 3.38. The maximum Gasteiger partial charge on any atom is 0.258 e. The van der Waals surface area contributed by atoms with Crippen molar-refractivity contribution in [1.82, 2.24) is 0 Å². The Morgan fingerprint density at radius 3 is 2.68 bits per heavy atom. The third-order valence-corrected chi connectivity index (χ3v) is 4.13. The average molecular weight is 316 g/mol. The largest absolute Gasteiger partial charge is 0.308 e. The van der Waals surface area contributed by atoms with E-state index >= 15 is 0 Å². The standard InChI is InChI=1S/C16H14BrNO/c17-11-13-6-1-3-7-14(13)16(19)18-10-9-12-5-2-4-8-15(12)18/h1-8H,9-11H2. The summed E-state index contributed by atoms with van der Waals surface area (Å²) in [5, 5.41) is 0.699. The number of amides is 1. The number of carbonyl (C=O) groups is 1. The van der Waals surface area contributed by atoms with Gasteiger partial charge in [0.1, 0.15) is 0 Å². The first-order valence-electron chi connectivity index (χ1n) is 6.35. The van der Waals surface area contributed by atoms with Gasteiger partial charge in [0.05, 0.1) is 0 Å². The van der Waals surface area contributed by atoms with Crippen LogP contribution in [-0.2, 0) is 11.8 Å². The zero-order valence-corrected chi connectivity index (χ0v) is 12.1. The number of halogens is 1. The summed E-state index contributed by atoms with van der Waals surface area (Å²) in [4.78, 5) is 14.6. The van der Waals surface area contributed by atoms with Gasteiger partial charge in [0.25, 0.3) is 5.91 Å². The summed E-state index contributed by atoms with van der Waals surface area (Å²) in [7, 11) is 0. The highest BCUT2D eigenvalue weighted by Crippen LogP contribution is 2.29. The van der Waals surface area contributed by atoms with Gasteiger partial charge in [0.15, 0.2) is 0 Å². The summed E-state index contributed by atoms with van der Waals surface area (Å²) in [6, 6.07) is 15.9. The second-order valence-corrected chi connectivity index (χ2v) is 5.19. The first kappa shape index (κ1) is 12.4. The van der Waals surface area contributed by atoms with Crippen molar-refractivity contribution in [3.05, 3.63) is 65.2 Å². The van der Waals surface area contributed by atoms with Gasteiger partial charge in [-0.05, 0) is 29.7 Å². The minimum Gasteiger partial charge on any atom is -0.308 e. The fourth-order valence-corrected chi connectivity index (χ4v) is 3.03. The Labute approximate surface area is 121 Å². The molecule has 1 amide bonds. The molecule has 0 aliphatic carbocycles. The molecule has 0 radical (unpaired) electrons. The van der Waals surface area contributed by atoms with Crippen molar-refractivity contribution in [3.63, 3.8) is 0 Å². The fourth-order valence-electron chi connectivity index (χ4n) is 2.54. The number of nitrogens with zero attached hydrogens (tertiary/aromatic N) is 1. The molecule has 2 aromatic rings. The second-order valence-electron chi connectivity index (χ2n) is 4.63. The molecule has 96 valence electrons. The van der Waals surface area contributed by atoms with E-state index in [1.54, 1.807) is 0 Å². The maximum absolute atomic E-state index is 12.7. The SMILES string of the molecule is O=C(c1ccccc1CBr)N1CCc2ccccc21. The van der Waals surface area contributed by atoms with Gasteiger partial charge in [-0.3, -0.25) is 4.79 Å². The van der Waals surface area contributed by atoms with E-state index in [1.165, 1.54) is 5.56 Å². The van der Waals surface area contributed by atoms with Crippen molar-refractivity contribution >= 4 is 27.5 Å². The Morgan fingerprint density at radius 2 is 1.84 bits per heavy atom. The van der Waals surface area contributed by atoms with E-state index in [4.69, 9.17) is 0 Å². The van der Waals surface area contributed by atoms with E-state index in [0.717, 1.165) is 29.8 Å². The quantitative estimate of drug-likeness (QED) is 0.772. The predicted molar refractivity (Wildman–Crippen MR) is 80.9 cm³/mol. The van der Waals surface area contributed by atoms with Gasteiger partial charge in [0, 0.05) is 23.1 Å². The van der Waals surface area contributed by atoms with Crippen LogP contribution in [0.5, 0.6) is 0 Å². The van der Waals surface area contributed by atoms with Crippen molar-refractivity contribution in [1.29, 1.82) is 0 Å². The second kappa shape index (κ2) is 5.17. The molecule has 2 nitrogen and oxygen atoms in total. The minimum absolute atomic E-state index is 0.0972. The highest BCUT2D eigenvalue weighted by Gasteiger charge is 2.26. The molecular formula is C16H14BrNO. The highest BCUT2D eigenvalue weighted by atomic mass is 79.9. The number of rotatable bonds is 2. The number of para-hydroxylation sites is 1. The van der Waals surface area contributed by atoms with Crippen molar-refractivity contribution in [2.75, 3.05) is 11.4 Å². The summed E-state index contributed by atoms with van der Waals surface area (Å²) in [6.45, 7) is 0.773. The smallest absolute Gasteiger partial charge is 0.258 e. The Hall–Kier alpha value is -1.61. The van der Waals surface area contributed by atoms with E-state index < -0.39 is 0 Å². The molecule has 1 aliphatic rings. The van der Waals surface area contributed by atoms with E-state index in [0.29, 0.717) is 5.33 Å². The number of hydrogen-bond donors (Lipinski definition) is 0. The van der Waals surface area contributed by atoms with Crippen molar-refractivity contribution < 1.29 is 4.79 Å². The van der Waals surface area contributed by atoms with Crippen LogP contribution in [0, 0.1) is 0 Å². The summed E-state index contributed by atoms with van der Waals surface area (Å²) in [5.74, 6) is 0.0972. The molecule has 0 spiro atoms. The molecule has 0 aromatic heterocycles. The van der Waals surface area contributed by atoms with Crippen molar-refractivity contribution in [2.24, 2.45) is 0 Å². The first-order valence-corrected chi connectivity index (χ1v) is 7.47. The molecule has 1 aliphatic heterocycles. The third-order valence-electron chi connectivity index (χ3n) is 3.52. The molecule has 0 bridgehead atoms. The van der Waals surface area contributed by atoms with Crippen molar-refractivity contribution in [2.45, 2.75) is 11.8 Å². The molecule has 3 rings (SSSR count). The molecule has 2 aromatic carbocycles. The van der Waals surface area contributed by atoms with Crippen molar-refractivity contribution in [3.8, 4) is 0 Å². The lowest BCUT2D eigenvalue weighted by molar-refractivity contribution is 0.0989. The number of hydrogen-bond acceptors (Lipinski definition) is 1. The highest BCUT2D eigenvalue weighted by molar-refractivity contribution is 9.08. The normalized spacial score (nSPS) is 13.4. The number of anilines is 1. The molecule has 1 heterocycles. The lowest BCUT2D eigenvalue weighted by atomic mass is 10.1. The molecule has 0 N–H and O–H groups in total. The molecule has 3 heteroatoms. The van der Waals surface area contributed by atoms with Gasteiger partial charge in [-0.2, -0.15) is 0 Å². The molecule has 0 saturated carbocycles. The van der Waals surface area contributed by atoms with Crippen LogP contribution in [0.4, 0.5) is 5.69 Å². The van der Waals surface area contributed by atoms with Crippen LogP contribution in [0.2, 0.25) is 0 Å². The van der Waals surface area contributed by atoms with Crippen LogP contribution in [-0.4, -0.2) is 12.5 Å². The van der Waals surface area contributed by atoms with Gasteiger partial charge >= 0.3 is 0 Å². The van der Waals surface area contributed by atoms with Crippen LogP contribution in [0.25, 0.3) is 0 Å². The Morgan fingerprint density at radius 1 is 1.11 bits per heavy atom. The van der Waals surface area contributed by atoms with Gasteiger partial charge in [0.2, 0.25) is 0 Å². The summed E-state index contributed by atoms with van der Waals surface area (Å²) in [5.41, 5.74) is 4.14. The number of carbonyl (C=O) groups excluding carboxylic acids is 1. The van der Waals surface area contributed by atoms with Crippen LogP contribution < -0.4 is 4.90 Å². The summed E-state index contributed by atoms with van der Waals surface area (Å²) in [6.07, 6.45) is 0.943. The van der Waals surface area contributed by atoms with E-state index in [-0.39, 0.29) is 5.91 Å². The third kappa shape index (κ3) is 2.19. The maximum atomic E-state index is 12.7. The predicted octanol–water partition coefficient (Wildman–Crippen LogP) is 3.78. The number of fused-ring (bicyclic) bond motifs is 1. The van der Waals surface area contributed by atoms with Crippen LogP contribution >= 0.6 is 15.9 Å². The molecule has 19 heavy (non-hydrogen) atoms. The molecule has 0 fully saturated rings. The van der Waals surface area contributed by atoms with Gasteiger partial charge in [-0.1, -0.05) is 52.3 Å². The van der Waals surface area contributed by atoms with E-state index in [9.17, 15) is 4.79 Å². The van der Waals surface area contributed by atoms with Gasteiger partial charge in [-0.15, -0.1) is 0 Å². The van der Waals surface area contributed by atoms with Crippen LogP contribution in [0.1, 0.15) is 21.5 Å². The Balaban J connectivity index is 1.98. The average Bonchev–Trinajstić information content (AvgIpc) is 2.90. The molecular weight excluding hydrogens is 302 g/mol. The topological polar surface area (TPSA) is 20.3 Å². The van der Waals surface area contributed by atoms with Crippen LogP contribution in [0.15, 0.2) is 48.5 Å². The zero-order chi connectivity index (χ0) is 13.2. The fraction of sp³-hybridized carbons (Fsp3) is 0.188. The lowest BCUT2D eigenvalue weighted by Crippen LogP contribution is -2.29. The molecule has 0 atom stereocenters. The number of benzene rings is 2. The van der Waals surface area contributed by atoms with Gasteiger partial charge in [-0.25, -0.2) is 0 Å². The molecule has 0 saturated heterocycles. The lowest BCUT2D eigenvalue weighted by Gasteiger charge is -2.18. The monoisotopic (exact) mass is 315 g/mol. The van der Waals surface area contributed by atoms with E-state index in [1.807, 2.05) is 47.4 Å². The first-order chi connectivity index (χ1) is 9.31. The number of alkyl halides is 1. The zero-order valence-electron chi connectivity index (χ0n) is 10.5. The molecule has 0 unspecified atom stereocenters. The van der Waals surface area contributed by atoms with Gasteiger partial charge < -0.3 is 4.90 Å². The van der Waals surface area contributed by atoms with Crippen LogP contribution in [0.3, 0.4) is 0 Å². The summed E-state index contributed by atoms with van der Waals surface area (Å²) >= 11 is 3.45. The minimum atomic E-state index is 0.0972. The van der Waals surface area contributed by atoms with E-state index in [2.05, 4.69) is 22.0 Å². The Bertz CT molecular complexity index is 624.